The Morgan fingerprint density at radius 2 is 1.52 bits per heavy atom. The maximum absolute atomic E-state index is 11.7. The van der Waals surface area contributed by atoms with Gasteiger partial charge in [0.15, 0.2) is 0 Å². The Morgan fingerprint density at radius 1 is 0.870 bits per heavy atom. The van der Waals surface area contributed by atoms with Crippen molar-refractivity contribution in [1.29, 1.82) is 0 Å². The summed E-state index contributed by atoms with van der Waals surface area (Å²) in [5.41, 5.74) is 3.36. The first-order valence-electron chi connectivity index (χ1n) is 8.61. The van der Waals surface area contributed by atoms with Crippen LogP contribution in [0.1, 0.15) is 51.4 Å². The Bertz CT molecular complexity index is 430. The maximum Gasteiger partial charge on any atom is 0.240 e. The summed E-state index contributed by atoms with van der Waals surface area (Å²) >= 11 is 24.9. The summed E-state index contributed by atoms with van der Waals surface area (Å²) in [5.74, 6) is 0.552. The summed E-state index contributed by atoms with van der Waals surface area (Å²) in [6.45, 7) is 0. The molecule has 3 fully saturated rings. The molecule has 0 aromatic rings. The van der Waals surface area contributed by atoms with Crippen LogP contribution in [0.15, 0.2) is 0 Å². The zero-order chi connectivity index (χ0) is 16.6. The van der Waals surface area contributed by atoms with Crippen LogP contribution in [-0.2, 0) is 4.79 Å². The number of nitrogens with one attached hydrogen (secondary N) is 1. The quantitative estimate of drug-likeness (QED) is 0.566. The van der Waals surface area contributed by atoms with E-state index in [1.807, 2.05) is 0 Å². The Kier molecular flexibility index (Phi) is 6.42. The summed E-state index contributed by atoms with van der Waals surface area (Å²) in [7, 11) is 0. The highest BCUT2D eigenvalue weighted by atomic mass is 35.5. The topological polar surface area (TPSA) is 32.3 Å². The lowest BCUT2D eigenvalue weighted by atomic mass is 9.81. The zero-order valence-corrected chi connectivity index (χ0v) is 16.1. The third kappa shape index (κ3) is 4.30. The molecule has 2 unspecified atom stereocenters. The van der Waals surface area contributed by atoms with Crippen LogP contribution in [0.5, 0.6) is 0 Å². The predicted octanol–water partition coefficient (Wildman–Crippen LogP) is 4.26. The number of halogens is 4. The van der Waals surface area contributed by atoms with Gasteiger partial charge < -0.3 is 0 Å². The molecule has 1 saturated heterocycles. The van der Waals surface area contributed by atoms with Crippen LogP contribution in [0, 0.1) is 5.92 Å². The molecule has 0 spiro atoms. The lowest BCUT2D eigenvalue weighted by Gasteiger charge is -2.42. The first-order chi connectivity index (χ1) is 11.0. The number of hydrogen-bond acceptors (Lipinski definition) is 3. The van der Waals surface area contributed by atoms with E-state index in [9.17, 15) is 4.79 Å². The minimum Gasteiger partial charge on any atom is -0.279 e. The molecular weight excluding hydrogens is 378 g/mol. The third-order valence-electron chi connectivity index (χ3n) is 5.69. The van der Waals surface area contributed by atoms with Crippen LogP contribution < -0.4 is 5.43 Å². The molecule has 3 aliphatic rings. The maximum atomic E-state index is 11.7. The minimum absolute atomic E-state index is 0.00907. The van der Waals surface area contributed by atoms with Gasteiger partial charge in [0.1, 0.15) is 0 Å². The van der Waals surface area contributed by atoms with E-state index < -0.39 is 0 Å². The van der Waals surface area contributed by atoms with Crippen molar-refractivity contribution < 1.29 is 4.79 Å². The monoisotopic (exact) mass is 400 g/mol. The smallest absolute Gasteiger partial charge is 0.240 e. The zero-order valence-electron chi connectivity index (χ0n) is 13.1. The minimum atomic E-state index is -0.305. The molecule has 132 valence electrons. The van der Waals surface area contributed by atoms with Crippen molar-refractivity contribution in [3.05, 3.63) is 0 Å². The van der Waals surface area contributed by atoms with Crippen LogP contribution in [0.3, 0.4) is 0 Å². The molecule has 7 heteroatoms. The molecule has 3 nitrogen and oxygen atoms in total. The molecule has 0 bridgehead atoms. The molecule has 0 radical (unpaired) electrons. The number of hydrazine groups is 1. The normalized spacial score (nSPS) is 46.0. The Hall–Kier alpha value is 0.750. The molecular formula is C16H24Cl4N2O. The number of hydrogen-bond donors (Lipinski definition) is 1. The van der Waals surface area contributed by atoms with Gasteiger partial charge in [-0.15, -0.1) is 34.8 Å². The first-order valence-corrected chi connectivity index (χ1v) is 10.3. The second-order valence-corrected chi connectivity index (χ2v) is 9.37. The van der Waals surface area contributed by atoms with Gasteiger partial charge in [0.25, 0.3) is 0 Å². The summed E-state index contributed by atoms with van der Waals surface area (Å²) in [6, 6.07) is 0.226. The molecule has 1 aliphatic heterocycles. The second kappa shape index (κ2) is 7.97. The number of nitrogens with zero attached hydrogens (tertiary/aromatic N) is 1. The molecule has 0 aromatic heterocycles. The predicted molar refractivity (Wildman–Crippen MR) is 96.5 cm³/mol. The van der Waals surface area contributed by atoms with Crippen LogP contribution in [0.25, 0.3) is 0 Å². The average molecular weight is 402 g/mol. The van der Waals surface area contributed by atoms with E-state index in [2.05, 4.69) is 10.4 Å². The first kappa shape index (κ1) is 18.5. The Morgan fingerprint density at radius 3 is 2.13 bits per heavy atom. The standard InChI is InChI=1S/C16H24Cl4N2O/c17-10-3-1-9(2-4-10)15-8-13(16(20)23)21-22(15)14-6-5-11(18)7-12(14)19/h9-15,21H,1-8H2/t9-,10+,11-,12-,13-,14?,15?/m0/s1. The van der Waals surface area contributed by atoms with Crippen LogP contribution in [0.2, 0.25) is 0 Å². The summed E-state index contributed by atoms with van der Waals surface area (Å²) < 4.78 is 0. The van der Waals surface area contributed by atoms with Crippen molar-refractivity contribution >= 4 is 51.6 Å². The summed E-state index contributed by atoms with van der Waals surface area (Å²) in [5, 5.41) is 2.42. The van der Waals surface area contributed by atoms with E-state index in [1.54, 1.807) is 0 Å². The van der Waals surface area contributed by atoms with Gasteiger partial charge >= 0.3 is 0 Å². The van der Waals surface area contributed by atoms with Crippen molar-refractivity contribution in [2.45, 2.75) is 85.6 Å². The number of carbonyl (C=O) groups excluding carboxylic acids is 1. The Labute approximate surface area is 158 Å². The van der Waals surface area contributed by atoms with Crippen molar-refractivity contribution in [1.82, 2.24) is 10.4 Å². The SMILES string of the molecule is O=C(Cl)[C@@H]1CC([C@H]2CC[C@@H](Cl)CC2)N(C2CC[C@H](Cl)C[C@@H]2Cl)N1. The highest BCUT2D eigenvalue weighted by Gasteiger charge is 2.45. The van der Waals surface area contributed by atoms with E-state index in [0.717, 1.165) is 51.4 Å². The van der Waals surface area contributed by atoms with Crippen molar-refractivity contribution in [2.24, 2.45) is 5.92 Å². The van der Waals surface area contributed by atoms with Crippen molar-refractivity contribution in [3.8, 4) is 0 Å². The van der Waals surface area contributed by atoms with Gasteiger partial charge in [0, 0.05) is 22.8 Å². The number of alkyl halides is 3. The molecule has 1 N–H and O–H groups in total. The highest BCUT2D eigenvalue weighted by molar-refractivity contribution is 6.64. The van der Waals surface area contributed by atoms with Crippen LogP contribution in [-0.4, -0.2) is 44.5 Å². The van der Waals surface area contributed by atoms with Gasteiger partial charge in [-0.2, -0.15) is 0 Å². The highest BCUT2D eigenvalue weighted by Crippen LogP contribution is 2.39. The second-order valence-electron chi connectivity index (χ2n) is 7.20. The fraction of sp³-hybridized carbons (Fsp3) is 0.938. The molecule has 0 amide bonds. The van der Waals surface area contributed by atoms with Crippen molar-refractivity contribution in [3.63, 3.8) is 0 Å². The van der Waals surface area contributed by atoms with Crippen molar-refractivity contribution in [2.75, 3.05) is 0 Å². The molecule has 0 aromatic carbocycles. The van der Waals surface area contributed by atoms with Crippen LogP contribution >= 0.6 is 46.4 Å². The molecule has 3 rings (SSSR count). The third-order valence-corrected chi connectivity index (χ3v) is 7.26. The van der Waals surface area contributed by atoms with E-state index >= 15 is 0 Å². The van der Waals surface area contributed by atoms with Gasteiger partial charge in [0.2, 0.25) is 5.24 Å². The van der Waals surface area contributed by atoms with E-state index in [4.69, 9.17) is 46.4 Å². The molecule has 2 aliphatic carbocycles. The molecule has 2 saturated carbocycles. The molecule has 5 atom stereocenters. The number of carbonyl (C=O) groups is 1. The fourth-order valence-electron chi connectivity index (χ4n) is 4.42. The summed E-state index contributed by atoms with van der Waals surface area (Å²) in [4.78, 5) is 11.7. The van der Waals surface area contributed by atoms with E-state index in [-0.39, 0.29) is 28.1 Å². The summed E-state index contributed by atoms with van der Waals surface area (Å²) in [6.07, 6.45) is 7.82. The fourth-order valence-corrected chi connectivity index (χ4v) is 5.68. The lowest BCUT2D eigenvalue weighted by Crippen LogP contribution is -2.55. The van der Waals surface area contributed by atoms with E-state index in [1.165, 1.54) is 0 Å². The van der Waals surface area contributed by atoms with E-state index in [0.29, 0.717) is 17.3 Å². The van der Waals surface area contributed by atoms with Gasteiger partial charge in [-0.05, 0) is 68.9 Å². The molecule has 23 heavy (non-hydrogen) atoms. The van der Waals surface area contributed by atoms with Gasteiger partial charge in [0.05, 0.1) is 11.4 Å². The van der Waals surface area contributed by atoms with Gasteiger partial charge in [-0.3, -0.25) is 4.79 Å². The largest absolute Gasteiger partial charge is 0.279 e. The number of rotatable bonds is 3. The van der Waals surface area contributed by atoms with Gasteiger partial charge in [-0.1, -0.05) is 0 Å². The molecule has 1 heterocycles. The average Bonchev–Trinajstić information content (AvgIpc) is 2.93. The van der Waals surface area contributed by atoms with Gasteiger partial charge in [-0.25, -0.2) is 10.4 Å². The lowest BCUT2D eigenvalue weighted by molar-refractivity contribution is -0.113. The van der Waals surface area contributed by atoms with Crippen LogP contribution in [0.4, 0.5) is 0 Å². The Balaban J connectivity index is 1.73.